The van der Waals surface area contributed by atoms with Crippen molar-refractivity contribution < 1.29 is 24.1 Å². The summed E-state index contributed by atoms with van der Waals surface area (Å²) in [5, 5.41) is 0. The zero-order chi connectivity index (χ0) is 38.9. The van der Waals surface area contributed by atoms with Crippen LogP contribution in [-0.2, 0) is 42.1 Å². The second kappa shape index (κ2) is 13.6. The molecule has 0 radical (unpaired) electrons. The van der Waals surface area contributed by atoms with E-state index in [0.29, 0.717) is 18.0 Å². The summed E-state index contributed by atoms with van der Waals surface area (Å²) in [4.78, 5) is 7.11. The first-order chi connectivity index (χ1) is 26.1. The minimum atomic E-state index is -0.00224. The molecule has 0 amide bonds. The van der Waals surface area contributed by atoms with Crippen LogP contribution in [0, 0.1) is 15.9 Å². The van der Waals surface area contributed by atoms with Crippen LogP contribution >= 0.6 is 0 Å². The number of fused-ring (bicyclic) bond motifs is 4. The molecule has 2 aromatic heterocycles. The topological polar surface area (TPSA) is 35.2 Å². The van der Waals surface area contributed by atoms with Crippen LogP contribution in [0.1, 0.15) is 84.6 Å². The molecule has 0 fully saturated rings. The maximum absolute atomic E-state index is 6.63. The van der Waals surface area contributed by atoms with Gasteiger partial charge in [-0.25, -0.2) is 0 Å². The van der Waals surface area contributed by atoms with E-state index in [1.165, 1.54) is 27.8 Å². The van der Waals surface area contributed by atoms with Crippen molar-refractivity contribution >= 4 is 22.5 Å². The summed E-state index contributed by atoms with van der Waals surface area (Å²) in [6, 6.07) is 46.1. The van der Waals surface area contributed by atoms with Crippen molar-refractivity contribution in [3.05, 3.63) is 154 Å². The third kappa shape index (κ3) is 7.04. The van der Waals surface area contributed by atoms with Crippen LogP contribution in [0.3, 0.4) is 0 Å². The molecule has 0 saturated heterocycles. The normalized spacial score (nSPS) is 13.2. The fraction of sp³-hybridized carbons (Fsp3) is 0.265. The number of anilines is 2. The Bertz CT molecular complexity index is 2610. The molecule has 0 spiro atoms. The number of para-hydroxylation sites is 2. The Hall–Kier alpha value is -4.99. The average molecular weight is 904 g/mol. The Labute approximate surface area is 336 Å². The van der Waals surface area contributed by atoms with E-state index in [9.17, 15) is 0 Å². The van der Waals surface area contributed by atoms with Crippen molar-refractivity contribution in [3.63, 3.8) is 0 Å². The van der Waals surface area contributed by atoms with E-state index >= 15 is 0 Å². The summed E-state index contributed by atoms with van der Waals surface area (Å²) in [5.74, 6) is 2.14. The zero-order valence-electron chi connectivity index (χ0n) is 33.2. The van der Waals surface area contributed by atoms with Gasteiger partial charge in [0, 0.05) is 6.20 Å². The van der Waals surface area contributed by atoms with Crippen molar-refractivity contribution in [1.82, 2.24) is 14.1 Å². The van der Waals surface area contributed by atoms with Crippen molar-refractivity contribution in [2.24, 2.45) is 0 Å². The summed E-state index contributed by atoms with van der Waals surface area (Å²) in [6.45, 7) is 21.1. The number of rotatable bonds is 5. The minimum absolute atomic E-state index is 0.00109. The standard InChI is InChI=1S/C49H48N4O.Pt/c1-47(2,3)34-23-24-50-46(28-34)51-31-33-15-10-11-18-41(33)42-22-21-40(30-45(42)51)54-39-17-14-16-37(29-39)52-32-53(44-20-13-12-19-43(44)52)38-26-35(48(4,5)6)25-36(27-38)49(7,8)9;/h10-28H,31H2,1-9H3;/q-2;. The summed E-state index contributed by atoms with van der Waals surface area (Å²) in [5.41, 5.74) is 12.7. The number of hydrogen-bond donors (Lipinski definition) is 0. The van der Waals surface area contributed by atoms with Crippen molar-refractivity contribution in [3.8, 4) is 34.0 Å². The van der Waals surface area contributed by atoms with E-state index in [4.69, 9.17) is 9.72 Å². The monoisotopic (exact) mass is 903 g/mol. The first-order valence-electron chi connectivity index (χ1n) is 19.0. The van der Waals surface area contributed by atoms with Crippen LogP contribution in [0.5, 0.6) is 11.5 Å². The van der Waals surface area contributed by atoms with Gasteiger partial charge in [-0.15, -0.1) is 0 Å². The first kappa shape index (κ1) is 37.0. The van der Waals surface area contributed by atoms with Crippen molar-refractivity contribution in [2.75, 3.05) is 4.90 Å². The molecule has 8 rings (SSSR count). The summed E-state index contributed by atoms with van der Waals surface area (Å²) in [6.07, 6.45) is 1.91. The molecule has 6 heteroatoms. The van der Waals surface area contributed by atoms with Gasteiger partial charge in [0.2, 0.25) is 0 Å². The molecule has 1 aliphatic heterocycles. The Balaban J connectivity index is 1.20. The van der Waals surface area contributed by atoms with Crippen LogP contribution in [0.4, 0.5) is 11.5 Å². The molecular formula is C49H48N4OPt-2. The van der Waals surface area contributed by atoms with Gasteiger partial charge in [-0.3, -0.25) is 0 Å². The molecule has 5 nitrogen and oxygen atoms in total. The molecule has 55 heavy (non-hydrogen) atoms. The maximum atomic E-state index is 6.63. The van der Waals surface area contributed by atoms with Crippen LogP contribution in [0.15, 0.2) is 115 Å². The van der Waals surface area contributed by atoms with E-state index in [1.807, 2.05) is 24.4 Å². The van der Waals surface area contributed by atoms with Gasteiger partial charge in [0.1, 0.15) is 0 Å². The number of benzene rings is 5. The quantitative estimate of drug-likeness (QED) is 0.161. The zero-order valence-corrected chi connectivity index (χ0v) is 35.5. The number of hydrogen-bond acceptors (Lipinski definition) is 3. The Kier molecular flexibility index (Phi) is 9.16. The Morgan fingerprint density at radius 1 is 0.600 bits per heavy atom. The third-order valence-electron chi connectivity index (χ3n) is 10.5. The van der Waals surface area contributed by atoms with Gasteiger partial charge < -0.3 is 0 Å². The fourth-order valence-electron chi connectivity index (χ4n) is 7.29. The van der Waals surface area contributed by atoms with Gasteiger partial charge in [-0.05, 0) is 17.0 Å². The molecule has 1 aliphatic rings. The van der Waals surface area contributed by atoms with Crippen molar-refractivity contribution in [2.45, 2.75) is 85.1 Å². The molecule has 3 heterocycles. The molecule has 7 aromatic rings. The Morgan fingerprint density at radius 2 is 1.24 bits per heavy atom. The van der Waals surface area contributed by atoms with Crippen LogP contribution in [0.25, 0.3) is 33.5 Å². The van der Waals surface area contributed by atoms with Gasteiger partial charge in [-0.1, -0.05) is 39.0 Å². The van der Waals surface area contributed by atoms with E-state index in [1.54, 1.807) is 0 Å². The summed E-state index contributed by atoms with van der Waals surface area (Å²) in [7, 11) is 0. The van der Waals surface area contributed by atoms with E-state index < -0.39 is 0 Å². The molecule has 0 saturated carbocycles. The van der Waals surface area contributed by atoms with Crippen LogP contribution in [0.2, 0.25) is 0 Å². The third-order valence-corrected chi connectivity index (χ3v) is 11.5. The molecule has 0 N–H and O–H groups in total. The van der Waals surface area contributed by atoms with Crippen molar-refractivity contribution in [1.29, 1.82) is 0 Å². The average Bonchev–Trinajstić information content (AvgIpc) is 3.44. The SMILES string of the molecule is CC(C)(C)c1cc(-n2[c](=[Pt])n(-c3[c-]c(Oc4[c-]c5c(cc4)-c4ccccc4CN5c4cc(C(C)(C)C)ccn4)ccc3)c3ccccc32)cc(C(C)(C)C)c1. The number of aromatic nitrogens is 3. The second-order valence-electron chi connectivity index (χ2n) is 17.7. The van der Waals surface area contributed by atoms with Gasteiger partial charge in [0.25, 0.3) is 0 Å². The molecule has 0 atom stereocenters. The number of nitrogens with zero attached hydrogens (tertiary/aromatic N) is 4. The van der Waals surface area contributed by atoms with Gasteiger partial charge in [0.15, 0.2) is 0 Å². The van der Waals surface area contributed by atoms with Crippen LogP contribution in [-0.4, -0.2) is 14.1 Å². The van der Waals surface area contributed by atoms with E-state index in [0.717, 1.165) is 43.3 Å². The summed E-state index contributed by atoms with van der Waals surface area (Å²) < 4.78 is 12.3. The first-order valence-corrected chi connectivity index (χ1v) is 20.1. The molecule has 0 bridgehead atoms. The molecule has 5 aromatic carbocycles. The van der Waals surface area contributed by atoms with Gasteiger partial charge in [0.05, 0.1) is 0 Å². The number of ether oxygens (including phenoxy) is 1. The predicted molar refractivity (Wildman–Crippen MR) is 222 cm³/mol. The van der Waals surface area contributed by atoms with Gasteiger partial charge >= 0.3 is 276 Å². The molecular weight excluding hydrogens is 856 g/mol. The molecule has 282 valence electrons. The van der Waals surface area contributed by atoms with E-state index in [2.05, 4.69) is 199 Å². The van der Waals surface area contributed by atoms with Crippen LogP contribution < -0.4 is 9.64 Å². The van der Waals surface area contributed by atoms with Gasteiger partial charge in [-0.2, -0.15) is 0 Å². The Morgan fingerprint density at radius 3 is 1.93 bits per heavy atom. The number of imidazole rings is 1. The second-order valence-corrected chi connectivity index (χ2v) is 18.7. The molecule has 0 aliphatic carbocycles. The number of pyridine rings is 1. The molecule has 0 unspecified atom stereocenters. The predicted octanol–water partition coefficient (Wildman–Crippen LogP) is 12.5. The fourth-order valence-corrected chi connectivity index (χ4v) is 8.40. The summed E-state index contributed by atoms with van der Waals surface area (Å²) >= 11 is 2.47. The van der Waals surface area contributed by atoms with E-state index in [-0.39, 0.29) is 16.2 Å².